The second kappa shape index (κ2) is 11.5. The molecule has 1 aliphatic rings. The number of nitrogens with zero attached hydrogens (tertiary/aromatic N) is 3. The highest BCUT2D eigenvalue weighted by molar-refractivity contribution is 5.90. The largest absolute Gasteiger partial charge is 0.495 e. The number of aromatic nitrogens is 1. The third-order valence-corrected chi connectivity index (χ3v) is 6.06. The van der Waals surface area contributed by atoms with Crippen LogP contribution in [0.2, 0.25) is 0 Å². The molecule has 0 radical (unpaired) electrons. The van der Waals surface area contributed by atoms with Crippen molar-refractivity contribution in [1.29, 1.82) is 0 Å². The van der Waals surface area contributed by atoms with E-state index in [9.17, 15) is 4.79 Å². The van der Waals surface area contributed by atoms with E-state index in [0.717, 1.165) is 68.3 Å². The van der Waals surface area contributed by atoms with E-state index in [1.807, 2.05) is 54.6 Å². The van der Waals surface area contributed by atoms with Crippen molar-refractivity contribution in [3.63, 3.8) is 0 Å². The van der Waals surface area contributed by atoms with Crippen LogP contribution in [0.25, 0.3) is 11.3 Å². The fraction of sp³-hybridized carbons (Fsp3) is 0.333. The summed E-state index contributed by atoms with van der Waals surface area (Å²) in [5.74, 6) is 1.00. The third kappa shape index (κ3) is 6.33. The fourth-order valence-corrected chi connectivity index (χ4v) is 4.21. The molecule has 4 rings (SSSR count). The molecule has 2 heterocycles. The Morgan fingerprint density at radius 3 is 2.42 bits per heavy atom. The zero-order valence-corrected chi connectivity index (χ0v) is 19.2. The fourth-order valence-electron chi connectivity index (χ4n) is 4.21. The van der Waals surface area contributed by atoms with Gasteiger partial charge in [-0.25, -0.2) is 0 Å². The Morgan fingerprint density at radius 2 is 1.70 bits per heavy atom. The van der Waals surface area contributed by atoms with Gasteiger partial charge in [-0.15, -0.1) is 0 Å². The van der Waals surface area contributed by atoms with Crippen LogP contribution in [0.15, 0.2) is 72.9 Å². The molecule has 1 aromatic heterocycles. The first kappa shape index (κ1) is 22.8. The van der Waals surface area contributed by atoms with E-state index in [1.54, 1.807) is 13.3 Å². The van der Waals surface area contributed by atoms with E-state index in [1.165, 1.54) is 5.69 Å². The van der Waals surface area contributed by atoms with Gasteiger partial charge in [-0.2, -0.15) is 0 Å². The van der Waals surface area contributed by atoms with Crippen molar-refractivity contribution in [2.45, 2.75) is 19.3 Å². The zero-order valence-electron chi connectivity index (χ0n) is 19.2. The monoisotopic (exact) mass is 444 g/mol. The van der Waals surface area contributed by atoms with Gasteiger partial charge in [0, 0.05) is 50.0 Å². The highest BCUT2D eigenvalue weighted by Gasteiger charge is 2.19. The zero-order chi connectivity index (χ0) is 22.9. The van der Waals surface area contributed by atoms with Gasteiger partial charge in [-0.3, -0.25) is 14.7 Å². The van der Waals surface area contributed by atoms with Gasteiger partial charge < -0.3 is 15.0 Å². The average Bonchev–Trinajstić information content (AvgIpc) is 2.88. The molecule has 0 spiro atoms. The Balaban J connectivity index is 1.14. The summed E-state index contributed by atoms with van der Waals surface area (Å²) >= 11 is 0. The van der Waals surface area contributed by atoms with Crippen LogP contribution in [0.4, 0.5) is 11.4 Å². The summed E-state index contributed by atoms with van der Waals surface area (Å²) < 4.78 is 5.50. The van der Waals surface area contributed by atoms with Crippen LogP contribution in [0, 0.1) is 0 Å². The molecule has 0 saturated carbocycles. The Bertz CT molecular complexity index is 1020. The van der Waals surface area contributed by atoms with Gasteiger partial charge >= 0.3 is 0 Å². The summed E-state index contributed by atoms with van der Waals surface area (Å²) in [5.41, 5.74) is 3.97. The predicted octanol–water partition coefficient (Wildman–Crippen LogP) is 4.69. The molecular weight excluding hydrogens is 412 g/mol. The van der Waals surface area contributed by atoms with E-state index in [2.05, 4.69) is 32.2 Å². The Morgan fingerprint density at radius 1 is 0.939 bits per heavy atom. The van der Waals surface area contributed by atoms with Crippen molar-refractivity contribution >= 4 is 17.3 Å². The van der Waals surface area contributed by atoms with Gasteiger partial charge in [0.25, 0.3) is 0 Å². The van der Waals surface area contributed by atoms with Gasteiger partial charge in [0.2, 0.25) is 5.91 Å². The minimum atomic E-state index is 0.0709. The molecule has 2 aromatic carbocycles. The quantitative estimate of drug-likeness (QED) is 0.485. The van der Waals surface area contributed by atoms with Gasteiger partial charge in [-0.1, -0.05) is 30.3 Å². The first-order valence-electron chi connectivity index (χ1n) is 11.6. The number of para-hydroxylation sites is 2. The number of hydrogen-bond acceptors (Lipinski definition) is 5. The Labute approximate surface area is 196 Å². The van der Waals surface area contributed by atoms with Crippen LogP contribution < -0.4 is 15.0 Å². The molecular formula is C27H32N4O2. The average molecular weight is 445 g/mol. The molecule has 3 aromatic rings. The molecule has 6 nitrogen and oxygen atoms in total. The normalized spacial score (nSPS) is 14.2. The molecule has 172 valence electrons. The number of methoxy groups -OCH3 is 1. The highest BCUT2D eigenvalue weighted by Crippen LogP contribution is 2.28. The van der Waals surface area contributed by atoms with Crippen LogP contribution in [-0.4, -0.2) is 55.6 Å². The number of unbranched alkanes of at least 4 members (excludes halogenated alkanes) is 1. The summed E-state index contributed by atoms with van der Waals surface area (Å²) in [6.45, 7) is 5.09. The number of carbonyl (C=O) groups is 1. The second-order valence-corrected chi connectivity index (χ2v) is 8.30. The number of anilines is 2. The van der Waals surface area contributed by atoms with Gasteiger partial charge in [0.1, 0.15) is 5.75 Å². The Hall–Kier alpha value is -3.38. The molecule has 1 saturated heterocycles. The van der Waals surface area contributed by atoms with Crippen LogP contribution in [0.1, 0.15) is 19.3 Å². The Kier molecular flexibility index (Phi) is 7.93. The van der Waals surface area contributed by atoms with Crippen molar-refractivity contribution in [2.75, 3.05) is 50.1 Å². The molecule has 6 heteroatoms. The number of amides is 1. The van der Waals surface area contributed by atoms with E-state index < -0.39 is 0 Å². The van der Waals surface area contributed by atoms with Crippen LogP contribution in [0.5, 0.6) is 5.75 Å². The summed E-state index contributed by atoms with van der Waals surface area (Å²) in [5, 5.41) is 3.00. The van der Waals surface area contributed by atoms with Crippen molar-refractivity contribution in [3.05, 3.63) is 72.9 Å². The lowest BCUT2D eigenvalue weighted by atomic mass is 10.1. The standard InChI is InChI=1S/C27H32N4O2/c1-33-26-10-3-2-9-25(26)31-20-18-30(19-21-31)17-7-5-11-27(32)29-23-14-12-22(13-15-23)24-8-4-6-16-28-24/h2-4,6,8-10,12-16H,5,7,11,17-21H2,1H3,(H,29,32). The number of ether oxygens (including phenoxy) is 1. The maximum atomic E-state index is 12.3. The molecule has 33 heavy (non-hydrogen) atoms. The maximum Gasteiger partial charge on any atom is 0.224 e. The first-order valence-corrected chi connectivity index (χ1v) is 11.6. The van der Waals surface area contributed by atoms with Gasteiger partial charge in [0.05, 0.1) is 18.5 Å². The number of piperazine rings is 1. The first-order chi connectivity index (χ1) is 16.2. The molecule has 0 aliphatic carbocycles. The lowest BCUT2D eigenvalue weighted by Crippen LogP contribution is -2.46. The molecule has 0 atom stereocenters. The molecule has 0 unspecified atom stereocenters. The molecule has 0 bridgehead atoms. The smallest absolute Gasteiger partial charge is 0.224 e. The van der Waals surface area contributed by atoms with Crippen molar-refractivity contribution < 1.29 is 9.53 Å². The molecule has 1 fully saturated rings. The number of benzene rings is 2. The SMILES string of the molecule is COc1ccccc1N1CCN(CCCCC(=O)Nc2ccc(-c3ccccn3)cc2)CC1. The topological polar surface area (TPSA) is 57.7 Å². The molecule has 1 N–H and O–H groups in total. The summed E-state index contributed by atoms with van der Waals surface area (Å²) in [6.07, 6.45) is 4.25. The minimum absolute atomic E-state index is 0.0709. The van der Waals surface area contributed by atoms with E-state index >= 15 is 0 Å². The number of hydrogen-bond donors (Lipinski definition) is 1. The van der Waals surface area contributed by atoms with Crippen molar-refractivity contribution in [1.82, 2.24) is 9.88 Å². The lowest BCUT2D eigenvalue weighted by molar-refractivity contribution is -0.116. The number of pyridine rings is 1. The van der Waals surface area contributed by atoms with E-state index in [-0.39, 0.29) is 5.91 Å². The lowest BCUT2D eigenvalue weighted by Gasteiger charge is -2.36. The van der Waals surface area contributed by atoms with E-state index in [0.29, 0.717) is 6.42 Å². The molecule has 1 amide bonds. The van der Waals surface area contributed by atoms with Gasteiger partial charge in [0.15, 0.2) is 0 Å². The summed E-state index contributed by atoms with van der Waals surface area (Å²) in [6, 6.07) is 21.9. The minimum Gasteiger partial charge on any atom is -0.495 e. The number of carbonyl (C=O) groups excluding carboxylic acids is 1. The number of rotatable bonds is 9. The van der Waals surface area contributed by atoms with Crippen molar-refractivity contribution in [3.8, 4) is 17.0 Å². The van der Waals surface area contributed by atoms with Crippen LogP contribution in [-0.2, 0) is 4.79 Å². The van der Waals surface area contributed by atoms with Crippen molar-refractivity contribution in [2.24, 2.45) is 0 Å². The number of nitrogens with one attached hydrogen (secondary N) is 1. The second-order valence-electron chi connectivity index (χ2n) is 8.30. The highest BCUT2D eigenvalue weighted by atomic mass is 16.5. The summed E-state index contributed by atoms with van der Waals surface area (Å²) in [4.78, 5) is 21.6. The van der Waals surface area contributed by atoms with E-state index in [4.69, 9.17) is 4.74 Å². The van der Waals surface area contributed by atoms with Crippen LogP contribution >= 0.6 is 0 Å². The third-order valence-electron chi connectivity index (χ3n) is 6.06. The van der Waals surface area contributed by atoms with Gasteiger partial charge in [-0.05, 0) is 55.8 Å². The molecule has 1 aliphatic heterocycles. The summed E-state index contributed by atoms with van der Waals surface area (Å²) in [7, 11) is 1.72. The predicted molar refractivity (Wildman–Crippen MR) is 134 cm³/mol. The maximum absolute atomic E-state index is 12.3. The van der Waals surface area contributed by atoms with Crippen LogP contribution in [0.3, 0.4) is 0 Å².